The first-order valence-electron chi connectivity index (χ1n) is 9.98. The monoisotopic (exact) mass is 358 g/mol. The van der Waals surface area contributed by atoms with Crippen LogP contribution in [0, 0.1) is 11.3 Å². The summed E-state index contributed by atoms with van der Waals surface area (Å²) in [6.07, 6.45) is 9.05. The van der Waals surface area contributed by atoms with Crippen molar-refractivity contribution >= 4 is 22.5 Å². The summed E-state index contributed by atoms with van der Waals surface area (Å²) in [5, 5.41) is 6.16. The number of hydrogen-bond acceptors (Lipinski definition) is 1. The molecule has 2 nitrogen and oxygen atoms in total. The number of aromatic amines is 1. The Bertz CT molecular complexity index is 747. The summed E-state index contributed by atoms with van der Waals surface area (Å²) in [5.74, 6) is 0.877. The Labute approximate surface area is 156 Å². The van der Waals surface area contributed by atoms with Crippen molar-refractivity contribution in [2.24, 2.45) is 11.3 Å². The molecular formula is C22H31ClN2. The Morgan fingerprint density at radius 2 is 1.84 bits per heavy atom. The van der Waals surface area contributed by atoms with Gasteiger partial charge >= 0.3 is 0 Å². The highest BCUT2D eigenvalue weighted by Gasteiger charge is 2.32. The highest BCUT2D eigenvalue weighted by atomic mass is 35.5. The van der Waals surface area contributed by atoms with Crippen LogP contribution < -0.4 is 5.32 Å². The molecule has 1 fully saturated rings. The third-order valence-electron chi connectivity index (χ3n) is 6.56. The van der Waals surface area contributed by atoms with Gasteiger partial charge in [-0.1, -0.05) is 32.4 Å². The van der Waals surface area contributed by atoms with Crippen LogP contribution in [0.2, 0.25) is 5.02 Å². The molecule has 1 aromatic heterocycles. The van der Waals surface area contributed by atoms with E-state index in [0.29, 0.717) is 17.5 Å². The molecule has 2 aliphatic carbocycles. The molecule has 3 heteroatoms. The highest BCUT2D eigenvalue weighted by molar-refractivity contribution is 6.31. The lowest BCUT2D eigenvalue weighted by Crippen LogP contribution is -2.39. The van der Waals surface area contributed by atoms with Crippen molar-refractivity contribution in [3.63, 3.8) is 0 Å². The van der Waals surface area contributed by atoms with E-state index in [1.165, 1.54) is 67.1 Å². The van der Waals surface area contributed by atoms with Crippen LogP contribution in [-0.4, -0.2) is 11.0 Å². The van der Waals surface area contributed by atoms with E-state index in [9.17, 15) is 0 Å². The molecule has 1 heterocycles. The average molecular weight is 359 g/mol. The first kappa shape index (κ1) is 17.4. The van der Waals surface area contributed by atoms with Crippen molar-refractivity contribution in [1.82, 2.24) is 10.3 Å². The van der Waals surface area contributed by atoms with Gasteiger partial charge in [0.1, 0.15) is 0 Å². The van der Waals surface area contributed by atoms with E-state index in [4.69, 9.17) is 11.6 Å². The van der Waals surface area contributed by atoms with Crippen molar-refractivity contribution in [2.75, 3.05) is 0 Å². The molecule has 2 aliphatic rings. The molecule has 2 N–H and O–H groups in total. The summed E-state index contributed by atoms with van der Waals surface area (Å²) in [7, 11) is 0. The molecule has 136 valence electrons. The number of H-pyrrole nitrogens is 1. The molecule has 1 atom stereocenters. The fourth-order valence-corrected chi connectivity index (χ4v) is 5.18. The number of aromatic nitrogens is 1. The summed E-state index contributed by atoms with van der Waals surface area (Å²) in [4.78, 5) is 3.69. The van der Waals surface area contributed by atoms with Gasteiger partial charge < -0.3 is 10.3 Å². The fourth-order valence-electron chi connectivity index (χ4n) is 5.01. The van der Waals surface area contributed by atoms with Gasteiger partial charge in [0, 0.05) is 33.7 Å². The van der Waals surface area contributed by atoms with Gasteiger partial charge in [0.25, 0.3) is 0 Å². The normalized spacial score (nSPS) is 27.4. The highest BCUT2D eigenvalue weighted by Crippen LogP contribution is 2.40. The second-order valence-electron chi connectivity index (χ2n) is 9.23. The quantitative estimate of drug-likeness (QED) is 0.639. The van der Waals surface area contributed by atoms with E-state index < -0.39 is 0 Å². The third kappa shape index (κ3) is 3.48. The van der Waals surface area contributed by atoms with Crippen LogP contribution in [0.4, 0.5) is 0 Å². The van der Waals surface area contributed by atoms with Gasteiger partial charge in [-0.3, -0.25) is 0 Å². The van der Waals surface area contributed by atoms with E-state index in [1.807, 2.05) is 6.07 Å². The van der Waals surface area contributed by atoms with Crippen molar-refractivity contribution in [1.29, 1.82) is 0 Å². The maximum absolute atomic E-state index is 6.23. The molecule has 4 rings (SSSR count). The number of halogens is 1. The smallest absolute Gasteiger partial charge is 0.0478 e. The maximum Gasteiger partial charge on any atom is 0.0478 e. The Hall–Kier alpha value is -0.990. The molecule has 0 amide bonds. The fraction of sp³-hybridized carbons (Fsp3) is 0.636. The molecule has 0 bridgehead atoms. The van der Waals surface area contributed by atoms with Crippen LogP contribution in [-0.2, 0) is 6.42 Å². The van der Waals surface area contributed by atoms with Crippen LogP contribution in [0.5, 0.6) is 0 Å². The summed E-state index contributed by atoms with van der Waals surface area (Å²) in [6.45, 7) is 7.19. The van der Waals surface area contributed by atoms with Crippen LogP contribution in [0.1, 0.15) is 76.6 Å². The van der Waals surface area contributed by atoms with E-state index in [0.717, 1.165) is 10.9 Å². The lowest BCUT2D eigenvalue weighted by atomic mass is 9.71. The first-order chi connectivity index (χ1) is 11.9. The average Bonchev–Trinajstić information content (AvgIpc) is 2.94. The number of rotatable bonds is 2. The number of nitrogens with one attached hydrogen (secondary N) is 2. The zero-order valence-electron chi connectivity index (χ0n) is 15.8. The zero-order valence-corrected chi connectivity index (χ0v) is 16.5. The van der Waals surface area contributed by atoms with Crippen molar-refractivity contribution in [3.8, 4) is 0 Å². The van der Waals surface area contributed by atoms with Crippen LogP contribution in [0.3, 0.4) is 0 Å². The van der Waals surface area contributed by atoms with Gasteiger partial charge in [-0.15, -0.1) is 0 Å². The first-order valence-corrected chi connectivity index (χ1v) is 10.4. The topological polar surface area (TPSA) is 27.8 Å². The standard InChI is InChI=1S/C22H31ClN2/c1-22(2,3)14-7-10-16(11-8-14)24-20-6-4-5-17-18-13-15(23)9-12-19(18)25-21(17)20/h9,12-14,16,20,24-25H,4-8,10-11H2,1-3H3. The number of benzene rings is 1. The zero-order chi connectivity index (χ0) is 17.6. The van der Waals surface area contributed by atoms with Crippen molar-refractivity contribution in [3.05, 3.63) is 34.5 Å². The van der Waals surface area contributed by atoms with Gasteiger partial charge in [-0.05, 0) is 80.0 Å². The second kappa shape index (κ2) is 6.63. The SMILES string of the molecule is CC(C)(C)C1CCC(NC2CCCc3c2[nH]c2ccc(Cl)cc32)CC1. The number of hydrogen-bond donors (Lipinski definition) is 2. The molecule has 0 aliphatic heterocycles. The molecule has 0 radical (unpaired) electrons. The van der Waals surface area contributed by atoms with Crippen LogP contribution in [0.25, 0.3) is 10.9 Å². The Morgan fingerprint density at radius 1 is 1.08 bits per heavy atom. The minimum Gasteiger partial charge on any atom is -0.357 e. The van der Waals surface area contributed by atoms with Gasteiger partial charge in [0.15, 0.2) is 0 Å². The minimum atomic E-state index is 0.458. The van der Waals surface area contributed by atoms with E-state index in [1.54, 1.807) is 0 Å². The predicted octanol–water partition coefficient (Wildman–Crippen LogP) is 6.39. The van der Waals surface area contributed by atoms with Crippen molar-refractivity contribution in [2.45, 2.75) is 77.8 Å². The van der Waals surface area contributed by atoms with Crippen molar-refractivity contribution < 1.29 is 0 Å². The van der Waals surface area contributed by atoms with Gasteiger partial charge in [-0.2, -0.15) is 0 Å². The predicted molar refractivity (Wildman–Crippen MR) is 107 cm³/mol. The van der Waals surface area contributed by atoms with Gasteiger partial charge in [0.05, 0.1) is 0 Å². The Morgan fingerprint density at radius 3 is 2.56 bits per heavy atom. The molecule has 25 heavy (non-hydrogen) atoms. The maximum atomic E-state index is 6.23. The lowest BCUT2D eigenvalue weighted by Gasteiger charge is -2.39. The molecule has 1 saturated carbocycles. The summed E-state index contributed by atoms with van der Waals surface area (Å²) in [5.41, 5.74) is 4.60. The molecule has 1 aromatic carbocycles. The lowest BCUT2D eigenvalue weighted by molar-refractivity contribution is 0.154. The molecular weight excluding hydrogens is 328 g/mol. The van der Waals surface area contributed by atoms with Crippen LogP contribution >= 0.6 is 11.6 Å². The molecule has 0 saturated heterocycles. The van der Waals surface area contributed by atoms with Crippen LogP contribution in [0.15, 0.2) is 18.2 Å². The van der Waals surface area contributed by atoms with E-state index in [2.05, 4.69) is 43.2 Å². The second-order valence-corrected chi connectivity index (χ2v) is 9.67. The Kier molecular flexibility index (Phi) is 4.62. The molecule has 1 unspecified atom stereocenters. The van der Waals surface area contributed by atoms with Gasteiger partial charge in [0.2, 0.25) is 0 Å². The Balaban J connectivity index is 1.50. The molecule has 0 spiro atoms. The van der Waals surface area contributed by atoms with E-state index >= 15 is 0 Å². The summed E-state index contributed by atoms with van der Waals surface area (Å²) < 4.78 is 0. The van der Waals surface area contributed by atoms with E-state index in [-0.39, 0.29) is 0 Å². The third-order valence-corrected chi connectivity index (χ3v) is 6.79. The number of fused-ring (bicyclic) bond motifs is 3. The summed E-state index contributed by atoms with van der Waals surface area (Å²) >= 11 is 6.23. The van der Waals surface area contributed by atoms with Gasteiger partial charge in [-0.25, -0.2) is 0 Å². The molecule has 2 aromatic rings. The minimum absolute atomic E-state index is 0.458. The number of aryl methyl sites for hydroxylation is 1. The largest absolute Gasteiger partial charge is 0.357 e. The summed E-state index contributed by atoms with van der Waals surface area (Å²) in [6, 6.07) is 7.39.